The minimum atomic E-state index is -0.760. The van der Waals surface area contributed by atoms with Gasteiger partial charge in [0.05, 0.1) is 13.1 Å². The molecule has 4 rings (SSSR count). The Morgan fingerprint density at radius 3 is 2.47 bits per heavy atom. The maximum absolute atomic E-state index is 11.7. The lowest BCUT2D eigenvalue weighted by molar-refractivity contribution is -0.118. The SMILES string of the molecule is CCC(=O)Cc1ccc(Sc2nc(Nc3cc(C)[nH]n3)cc(N3CC(O)(C(C)(C)C)C3)n2)cc1. The molecule has 0 atom stereocenters. The molecule has 0 radical (unpaired) electrons. The van der Waals surface area contributed by atoms with Gasteiger partial charge in [-0.25, -0.2) is 9.97 Å². The number of carbonyl (C=O) groups is 1. The zero-order valence-corrected chi connectivity index (χ0v) is 21.2. The summed E-state index contributed by atoms with van der Waals surface area (Å²) in [4.78, 5) is 24.2. The first kappa shape index (κ1) is 24.2. The molecular formula is C25H32N6O2S. The number of aliphatic hydroxyl groups is 1. The van der Waals surface area contributed by atoms with E-state index in [4.69, 9.17) is 4.98 Å². The second kappa shape index (κ2) is 9.38. The maximum Gasteiger partial charge on any atom is 0.196 e. The third-order valence-corrected chi connectivity index (χ3v) is 7.08. The van der Waals surface area contributed by atoms with Gasteiger partial charge in [0.2, 0.25) is 0 Å². The van der Waals surface area contributed by atoms with Crippen molar-refractivity contribution in [2.24, 2.45) is 5.41 Å². The molecule has 9 heteroatoms. The lowest BCUT2D eigenvalue weighted by atomic mass is 9.71. The van der Waals surface area contributed by atoms with Gasteiger partial charge in [-0.1, -0.05) is 39.8 Å². The van der Waals surface area contributed by atoms with E-state index in [2.05, 4.69) is 46.2 Å². The van der Waals surface area contributed by atoms with Crippen molar-refractivity contribution in [2.75, 3.05) is 23.3 Å². The second-order valence-corrected chi connectivity index (χ2v) is 10.9. The number of rotatable bonds is 8. The van der Waals surface area contributed by atoms with Gasteiger partial charge in [0.15, 0.2) is 11.0 Å². The van der Waals surface area contributed by atoms with Crippen molar-refractivity contribution in [1.82, 2.24) is 20.2 Å². The number of aryl methyl sites for hydroxylation is 1. The molecule has 0 saturated carbocycles. The maximum atomic E-state index is 11.7. The molecule has 0 unspecified atom stereocenters. The van der Waals surface area contributed by atoms with E-state index >= 15 is 0 Å². The highest BCUT2D eigenvalue weighted by Gasteiger charge is 2.50. The predicted octanol–water partition coefficient (Wildman–Crippen LogP) is 4.52. The van der Waals surface area contributed by atoms with E-state index in [1.165, 1.54) is 11.8 Å². The molecule has 0 bridgehead atoms. The summed E-state index contributed by atoms with van der Waals surface area (Å²) in [7, 11) is 0. The summed E-state index contributed by atoms with van der Waals surface area (Å²) in [6, 6.07) is 11.7. The Bertz CT molecular complexity index is 1160. The van der Waals surface area contributed by atoms with E-state index in [0.29, 0.717) is 42.7 Å². The standard InChI is InChI=1S/C25H32N6O2S/c1-6-18(32)12-17-7-9-19(10-8-17)34-23-27-20(26-21-11-16(2)29-30-21)13-22(28-23)31-14-25(33,15-31)24(3,4)5/h7-11,13,33H,6,12,14-15H2,1-5H3,(H2,26,27,28,29,30). The highest BCUT2D eigenvalue weighted by atomic mass is 32.2. The quantitative estimate of drug-likeness (QED) is 0.404. The summed E-state index contributed by atoms with van der Waals surface area (Å²) in [6.07, 6.45) is 1.000. The number of aromatic nitrogens is 4. The van der Waals surface area contributed by atoms with Crippen LogP contribution in [0.3, 0.4) is 0 Å². The molecular weight excluding hydrogens is 448 g/mol. The molecule has 8 nitrogen and oxygen atoms in total. The van der Waals surface area contributed by atoms with Crippen LogP contribution in [0.2, 0.25) is 0 Å². The first-order chi connectivity index (χ1) is 16.0. The Morgan fingerprint density at radius 2 is 1.88 bits per heavy atom. The molecule has 0 aliphatic carbocycles. The van der Waals surface area contributed by atoms with Gasteiger partial charge in [-0.2, -0.15) is 5.10 Å². The average Bonchev–Trinajstić information content (AvgIpc) is 3.16. The van der Waals surface area contributed by atoms with Crippen LogP contribution < -0.4 is 10.2 Å². The summed E-state index contributed by atoms with van der Waals surface area (Å²) in [6.45, 7) is 11.0. The van der Waals surface area contributed by atoms with Gasteiger partial charge in [-0.15, -0.1) is 0 Å². The largest absolute Gasteiger partial charge is 0.386 e. The number of H-pyrrole nitrogens is 1. The monoisotopic (exact) mass is 480 g/mol. The molecule has 1 aliphatic rings. The van der Waals surface area contributed by atoms with Crippen LogP contribution in [0.15, 0.2) is 46.5 Å². The first-order valence-corrected chi connectivity index (χ1v) is 12.3. The number of Topliss-reactive ketones (excluding diaryl/α,β-unsaturated/α-hetero) is 1. The molecule has 1 aliphatic heterocycles. The molecule has 1 saturated heterocycles. The summed E-state index contributed by atoms with van der Waals surface area (Å²) < 4.78 is 0. The number of hydrogen-bond donors (Lipinski definition) is 3. The Labute approximate surface area is 204 Å². The van der Waals surface area contributed by atoms with E-state index in [1.807, 2.05) is 50.2 Å². The van der Waals surface area contributed by atoms with Crippen molar-refractivity contribution in [2.45, 2.75) is 63.1 Å². The van der Waals surface area contributed by atoms with Crippen LogP contribution in [0, 0.1) is 12.3 Å². The van der Waals surface area contributed by atoms with E-state index in [-0.39, 0.29) is 11.2 Å². The minimum absolute atomic E-state index is 0.220. The van der Waals surface area contributed by atoms with Gasteiger partial charge in [0.1, 0.15) is 23.0 Å². The highest BCUT2D eigenvalue weighted by Crippen LogP contribution is 2.40. The van der Waals surface area contributed by atoms with Crippen LogP contribution >= 0.6 is 11.8 Å². The number of nitrogens with one attached hydrogen (secondary N) is 2. The van der Waals surface area contributed by atoms with Crippen molar-refractivity contribution < 1.29 is 9.90 Å². The summed E-state index contributed by atoms with van der Waals surface area (Å²) >= 11 is 1.46. The fraction of sp³-hybridized carbons (Fsp3) is 0.440. The fourth-order valence-corrected chi connectivity index (χ4v) is 4.42. The van der Waals surface area contributed by atoms with Gasteiger partial charge < -0.3 is 15.3 Å². The smallest absolute Gasteiger partial charge is 0.196 e. The predicted molar refractivity (Wildman–Crippen MR) is 135 cm³/mol. The topological polar surface area (TPSA) is 107 Å². The zero-order chi connectivity index (χ0) is 24.5. The van der Waals surface area contributed by atoms with Crippen LogP contribution in [0.25, 0.3) is 0 Å². The Balaban J connectivity index is 1.56. The molecule has 3 aromatic rings. The number of anilines is 3. The number of benzene rings is 1. The van der Waals surface area contributed by atoms with E-state index in [1.54, 1.807) is 0 Å². The van der Waals surface area contributed by atoms with E-state index < -0.39 is 5.60 Å². The van der Waals surface area contributed by atoms with E-state index in [9.17, 15) is 9.90 Å². The van der Waals surface area contributed by atoms with Gasteiger partial charge >= 0.3 is 0 Å². The summed E-state index contributed by atoms with van der Waals surface area (Å²) in [5, 5.41) is 22.0. The molecule has 3 heterocycles. The van der Waals surface area contributed by atoms with Gasteiger partial charge in [0, 0.05) is 35.6 Å². The molecule has 34 heavy (non-hydrogen) atoms. The van der Waals surface area contributed by atoms with Crippen LogP contribution in [0.4, 0.5) is 17.5 Å². The summed E-state index contributed by atoms with van der Waals surface area (Å²) in [5.41, 5.74) is 0.974. The van der Waals surface area contributed by atoms with Crippen molar-refractivity contribution >= 4 is 35.0 Å². The minimum Gasteiger partial charge on any atom is -0.386 e. The van der Waals surface area contributed by atoms with Gasteiger partial charge in [0.25, 0.3) is 0 Å². The third-order valence-electron chi connectivity index (χ3n) is 6.21. The fourth-order valence-electron chi connectivity index (χ4n) is 3.65. The van der Waals surface area contributed by atoms with Crippen molar-refractivity contribution in [3.05, 3.63) is 47.7 Å². The average molecular weight is 481 g/mol. The molecule has 2 aromatic heterocycles. The molecule has 1 fully saturated rings. The molecule has 0 spiro atoms. The molecule has 0 amide bonds. The first-order valence-electron chi connectivity index (χ1n) is 11.5. The van der Waals surface area contributed by atoms with Crippen molar-refractivity contribution in [3.8, 4) is 0 Å². The van der Waals surface area contributed by atoms with Gasteiger partial charge in [-0.3, -0.25) is 9.89 Å². The number of hydrogen-bond acceptors (Lipinski definition) is 8. The van der Waals surface area contributed by atoms with Crippen LogP contribution in [-0.4, -0.2) is 49.7 Å². The Hall–Kier alpha value is -2.91. The Kier molecular flexibility index (Phi) is 6.69. The van der Waals surface area contributed by atoms with Crippen LogP contribution in [0.1, 0.15) is 45.4 Å². The summed E-state index contributed by atoms with van der Waals surface area (Å²) in [5.74, 6) is 2.30. The van der Waals surface area contributed by atoms with Crippen molar-refractivity contribution in [1.29, 1.82) is 0 Å². The highest BCUT2D eigenvalue weighted by molar-refractivity contribution is 7.99. The number of ketones is 1. The zero-order valence-electron chi connectivity index (χ0n) is 20.3. The molecule has 180 valence electrons. The normalized spacial score (nSPS) is 15.2. The second-order valence-electron chi connectivity index (χ2n) is 9.91. The lowest BCUT2D eigenvalue weighted by Gasteiger charge is -2.54. The van der Waals surface area contributed by atoms with E-state index in [0.717, 1.165) is 22.0 Å². The molecule has 3 N–H and O–H groups in total. The number of aromatic amines is 1. The van der Waals surface area contributed by atoms with Crippen LogP contribution in [0.5, 0.6) is 0 Å². The number of carbonyl (C=O) groups excluding carboxylic acids is 1. The number of nitrogens with zero attached hydrogens (tertiary/aromatic N) is 4. The van der Waals surface area contributed by atoms with Crippen molar-refractivity contribution in [3.63, 3.8) is 0 Å². The third kappa shape index (κ3) is 5.42. The molecule has 1 aromatic carbocycles. The number of β-amino-alcohol motifs (C(OH)–C–C–N with tert-alkyl or cyclic N) is 1. The lowest BCUT2D eigenvalue weighted by Crippen LogP contribution is -2.68. The van der Waals surface area contributed by atoms with Gasteiger partial charge in [-0.05, 0) is 41.8 Å². The Morgan fingerprint density at radius 1 is 1.18 bits per heavy atom. The van der Waals surface area contributed by atoms with Crippen LogP contribution in [-0.2, 0) is 11.2 Å².